The van der Waals surface area contributed by atoms with Crippen molar-refractivity contribution < 1.29 is 0 Å². The molecule has 0 heterocycles. The quantitative estimate of drug-likeness (QED) is 0.636. The first-order valence-electron chi connectivity index (χ1n) is 5.47. The summed E-state index contributed by atoms with van der Waals surface area (Å²) in [6.45, 7) is 14.1. The zero-order valence-electron chi connectivity index (χ0n) is 9.69. The van der Waals surface area contributed by atoms with Crippen molar-refractivity contribution in [3.8, 4) is 0 Å². The molecule has 0 saturated heterocycles. The Kier molecular flexibility index (Phi) is 6.75. The van der Waals surface area contributed by atoms with E-state index in [4.69, 9.17) is 0 Å². The molecule has 0 aromatic rings. The number of hydrogen-bond acceptors (Lipinski definition) is 1. The fourth-order valence-electron chi connectivity index (χ4n) is 1.06. The molecule has 1 unspecified atom stereocenters. The third kappa shape index (κ3) is 7.89. The maximum atomic E-state index is 4.02. The first kappa shape index (κ1) is 12.5. The van der Waals surface area contributed by atoms with E-state index in [-0.39, 0.29) is 0 Å². The monoisotopic (exact) mass is 183 g/mol. The molecular formula is C12H25N. The largest absolute Gasteiger partial charge is 0.389 e. The summed E-state index contributed by atoms with van der Waals surface area (Å²) in [5.74, 6) is 1.54. The maximum absolute atomic E-state index is 4.02. The summed E-state index contributed by atoms with van der Waals surface area (Å²) in [5.41, 5.74) is 1.20. The van der Waals surface area contributed by atoms with Crippen LogP contribution in [-0.4, -0.2) is 6.54 Å². The topological polar surface area (TPSA) is 12.0 Å². The number of allylic oxidation sites excluding steroid dienone is 1. The van der Waals surface area contributed by atoms with Crippen LogP contribution >= 0.6 is 0 Å². The first-order valence-corrected chi connectivity index (χ1v) is 5.47. The molecular weight excluding hydrogens is 158 g/mol. The van der Waals surface area contributed by atoms with Crippen LogP contribution in [0.5, 0.6) is 0 Å². The third-order valence-corrected chi connectivity index (χ3v) is 2.40. The summed E-state index contributed by atoms with van der Waals surface area (Å²) < 4.78 is 0. The molecule has 0 aromatic heterocycles. The van der Waals surface area contributed by atoms with Crippen molar-refractivity contribution in [3.63, 3.8) is 0 Å². The molecule has 1 nitrogen and oxygen atoms in total. The number of hydrogen-bond donors (Lipinski definition) is 1. The second-order valence-electron chi connectivity index (χ2n) is 4.43. The van der Waals surface area contributed by atoms with Gasteiger partial charge in [-0.25, -0.2) is 0 Å². The van der Waals surface area contributed by atoms with Gasteiger partial charge in [-0.3, -0.25) is 0 Å². The van der Waals surface area contributed by atoms with Crippen molar-refractivity contribution in [2.75, 3.05) is 6.54 Å². The van der Waals surface area contributed by atoms with Gasteiger partial charge in [0.2, 0.25) is 0 Å². The van der Waals surface area contributed by atoms with Gasteiger partial charge in [0.05, 0.1) is 0 Å². The van der Waals surface area contributed by atoms with Gasteiger partial charge in [0.25, 0.3) is 0 Å². The molecule has 1 heteroatoms. The minimum atomic E-state index is 0.709. The van der Waals surface area contributed by atoms with Crippen molar-refractivity contribution >= 4 is 0 Å². The predicted octanol–water partition coefficient (Wildman–Crippen LogP) is 3.57. The van der Waals surface area contributed by atoms with Crippen LogP contribution in [0.15, 0.2) is 12.3 Å². The highest BCUT2D eigenvalue weighted by Gasteiger charge is 2.00. The molecule has 0 radical (unpaired) electrons. The molecule has 0 aliphatic carbocycles. The molecule has 0 aliphatic heterocycles. The van der Waals surface area contributed by atoms with Gasteiger partial charge in [-0.05, 0) is 24.7 Å². The van der Waals surface area contributed by atoms with Crippen molar-refractivity contribution in [3.05, 3.63) is 12.3 Å². The van der Waals surface area contributed by atoms with Gasteiger partial charge in [0.15, 0.2) is 0 Å². The lowest BCUT2D eigenvalue weighted by Gasteiger charge is -2.13. The summed E-state index contributed by atoms with van der Waals surface area (Å²) in [5, 5.41) is 3.37. The Balaban J connectivity index is 3.40. The molecule has 78 valence electrons. The molecule has 0 saturated carbocycles. The second kappa shape index (κ2) is 6.99. The van der Waals surface area contributed by atoms with Gasteiger partial charge in [0.1, 0.15) is 0 Å². The average Bonchev–Trinajstić information content (AvgIpc) is 2.10. The minimum absolute atomic E-state index is 0.709. The van der Waals surface area contributed by atoms with E-state index >= 15 is 0 Å². The zero-order valence-corrected chi connectivity index (χ0v) is 9.69. The summed E-state index contributed by atoms with van der Waals surface area (Å²) in [6.07, 6.45) is 3.67. The Labute approximate surface area is 83.6 Å². The lowest BCUT2D eigenvalue weighted by atomic mass is 10.0. The Bertz CT molecular complexity index is 138. The van der Waals surface area contributed by atoms with Crippen LogP contribution in [0.1, 0.15) is 47.0 Å². The van der Waals surface area contributed by atoms with Gasteiger partial charge < -0.3 is 5.32 Å². The van der Waals surface area contributed by atoms with E-state index in [9.17, 15) is 0 Å². The van der Waals surface area contributed by atoms with E-state index in [0.717, 1.165) is 18.9 Å². The number of rotatable bonds is 7. The van der Waals surface area contributed by atoms with Crippen LogP contribution in [0.4, 0.5) is 0 Å². The molecule has 1 atom stereocenters. The predicted molar refractivity (Wildman–Crippen MR) is 60.7 cm³/mol. The fourth-order valence-corrected chi connectivity index (χ4v) is 1.06. The number of nitrogens with one attached hydrogen (secondary N) is 1. The molecule has 0 aromatic carbocycles. The lowest BCUT2D eigenvalue weighted by molar-refractivity contribution is 0.498. The van der Waals surface area contributed by atoms with Crippen molar-refractivity contribution in [2.45, 2.75) is 47.0 Å². The lowest BCUT2D eigenvalue weighted by Crippen LogP contribution is -2.18. The summed E-state index contributed by atoms with van der Waals surface area (Å²) >= 11 is 0. The van der Waals surface area contributed by atoms with E-state index in [2.05, 4.69) is 39.6 Å². The van der Waals surface area contributed by atoms with Crippen LogP contribution in [-0.2, 0) is 0 Å². The van der Waals surface area contributed by atoms with Gasteiger partial charge in [0, 0.05) is 12.2 Å². The normalized spacial score (nSPS) is 13.0. The van der Waals surface area contributed by atoms with Crippen LogP contribution in [0, 0.1) is 11.8 Å². The standard InChI is InChI=1S/C12H25N/c1-6-11(4)7-8-12(5)13-9-10(2)3/h10-11,13H,5-9H2,1-4H3. The molecule has 0 fully saturated rings. The molecule has 0 bridgehead atoms. The Morgan fingerprint density at radius 1 is 1.31 bits per heavy atom. The Hall–Kier alpha value is -0.460. The highest BCUT2D eigenvalue weighted by Crippen LogP contribution is 2.12. The van der Waals surface area contributed by atoms with Crippen LogP contribution in [0.2, 0.25) is 0 Å². The third-order valence-electron chi connectivity index (χ3n) is 2.40. The van der Waals surface area contributed by atoms with Crippen molar-refractivity contribution in [1.82, 2.24) is 5.32 Å². The average molecular weight is 183 g/mol. The zero-order chi connectivity index (χ0) is 10.3. The minimum Gasteiger partial charge on any atom is -0.389 e. The maximum Gasteiger partial charge on any atom is 0.0166 e. The Morgan fingerprint density at radius 3 is 2.38 bits per heavy atom. The van der Waals surface area contributed by atoms with E-state index in [0.29, 0.717) is 5.92 Å². The fraction of sp³-hybridized carbons (Fsp3) is 0.833. The van der Waals surface area contributed by atoms with Gasteiger partial charge in [-0.1, -0.05) is 40.7 Å². The SMILES string of the molecule is C=C(CCC(C)CC)NCC(C)C. The van der Waals surface area contributed by atoms with E-state index < -0.39 is 0 Å². The highest BCUT2D eigenvalue weighted by atomic mass is 14.9. The highest BCUT2D eigenvalue weighted by molar-refractivity contribution is 4.91. The van der Waals surface area contributed by atoms with E-state index in [1.807, 2.05) is 0 Å². The molecule has 1 N–H and O–H groups in total. The summed E-state index contributed by atoms with van der Waals surface area (Å²) in [4.78, 5) is 0. The summed E-state index contributed by atoms with van der Waals surface area (Å²) in [7, 11) is 0. The second-order valence-corrected chi connectivity index (χ2v) is 4.43. The molecule has 13 heavy (non-hydrogen) atoms. The molecule has 0 spiro atoms. The smallest absolute Gasteiger partial charge is 0.0166 e. The van der Waals surface area contributed by atoms with E-state index in [1.54, 1.807) is 0 Å². The van der Waals surface area contributed by atoms with Crippen LogP contribution in [0.3, 0.4) is 0 Å². The Morgan fingerprint density at radius 2 is 1.92 bits per heavy atom. The van der Waals surface area contributed by atoms with Crippen molar-refractivity contribution in [1.29, 1.82) is 0 Å². The van der Waals surface area contributed by atoms with Crippen LogP contribution in [0.25, 0.3) is 0 Å². The molecule has 0 amide bonds. The first-order chi connectivity index (χ1) is 6.06. The molecule has 0 rings (SSSR count). The van der Waals surface area contributed by atoms with Gasteiger partial charge >= 0.3 is 0 Å². The molecule has 0 aliphatic rings. The van der Waals surface area contributed by atoms with Crippen LogP contribution < -0.4 is 5.32 Å². The van der Waals surface area contributed by atoms with Gasteiger partial charge in [-0.2, -0.15) is 0 Å². The van der Waals surface area contributed by atoms with E-state index in [1.165, 1.54) is 18.5 Å². The van der Waals surface area contributed by atoms with Crippen molar-refractivity contribution in [2.24, 2.45) is 11.8 Å². The van der Waals surface area contributed by atoms with Gasteiger partial charge in [-0.15, -0.1) is 0 Å². The summed E-state index contributed by atoms with van der Waals surface area (Å²) in [6, 6.07) is 0.